The molecule has 0 spiro atoms. The van der Waals surface area contributed by atoms with E-state index in [1.54, 1.807) is 29.2 Å². The van der Waals surface area contributed by atoms with Crippen molar-refractivity contribution in [3.8, 4) is 5.75 Å². The van der Waals surface area contributed by atoms with Crippen molar-refractivity contribution in [2.45, 2.75) is 31.1 Å². The van der Waals surface area contributed by atoms with E-state index in [2.05, 4.69) is 5.32 Å². The zero-order valence-corrected chi connectivity index (χ0v) is 17.5. The fourth-order valence-corrected chi connectivity index (χ4v) is 5.32. The highest BCUT2D eigenvalue weighted by Gasteiger charge is 2.54. The van der Waals surface area contributed by atoms with Crippen molar-refractivity contribution < 1.29 is 27.8 Å². The Bertz CT molecular complexity index is 1050. The van der Waals surface area contributed by atoms with E-state index in [0.717, 1.165) is 31.7 Å². The summed E-state index contributed by atoms with van der Waals surface area (Å²) >= 11 is 0. The van der Waals surface area contributed by atoms with Crippen molar-refractivity contribution in [1.29, 1.82) is 0 Å². The molecule has 32 heavy (non-hydrogen) atoms. The van der Waals surface area contributed by atoms with Crippen LogP contribution in [0.2, 0.25) is 0 Å². The van der Waals surface area contributed by atoms with Gasteiger partial charge in [-0.05, 0) is 48.1 Å². The predicted molar refractivity (Wildman–Crippen MR) is 113 cm³/mol. The maximum Gasteiger partial charge on any atom is 0.415 e. The molecule has 1 N–H and O–H groups in total. The Morgan fingerprint density at radius 1 is 1.06 bits per heavy atom. The Morgan fingerprint density at radius 3 is 2.44 bits per heavy atom. The minimum Gasteiger partial charge on any atom is -0.410 e. The number of halogens is 2. The second-order valence-electron chi connectivity index (χ2n) is 8.52. The van der Waals surface area contributed by atoms with Crippen LogP contribution in [-0.2, 0) is 14.9 Å². The van der Waals surface area contributed by atoms with Gasteiger partial charge in [0.25, 0.3) is 0 Å². The first kappa shape index (κ1) is 20.9. The molecule has 3 aliphatic rings. The lowest BCUT2D eigenvalue weighted by molar-refractivity contribution is -0.121. The number of hydrogen-bond acceptors (Lipinski definition) is 4. The van der Waals surface area contributed by atoms with Gasteiger partial charge in [-0.1, -0.05) is 31.0 Å². The van der Waals surface area contributed by atoms with Crippen molar-refractivity contribution in [3.63, 3.8) is 0 Å². The average molecular weight is 442 g/mol. The van der Waals surface area contributed by atoms with Gasteiger partial charge in [0.1, 0.15) is 11.2 Å². The molecule has 0 aromatic heterocycles. The standard InChI is InChI=1S/C24H24F2N2O4/c25-19-10-9-18-21(20(19)26)27-22(29)24(18,15-3-1-2-4-15)16-5-7-17(8-6-16)32-23(30)28-11-13-31-14-12-28/h5-10,15H,1-4,11-14H2,(H,27,29). The minimum absolute atomic E-state index is 0.0321. The number of nitrogens with one attached hydrogen (secondary N) is 1. The van der Waals surface area contributed by atoms with E-state index in [1.807, 2.05) is 0 Å². The quantitative estimate of drug-likeness (QED) is 0.773. The number of fused-ring (bicyclic) bond motifs is 1. The van der Waals surface area contributed by atoms with Crippen LogP contribution in [0.4, 0.5) is 19.3 Å². The zero-order valence-electron chi connectivity index (χ0n) is 17.5. The van der Waals surface area contributed by atoms with Gasteiger partial charge in [-0.3, -0.25) is 4.79 Å². The first-order valence-corrected chi connectivity index (χ1v) is 11.0. The number of ether oxygens (including phenoxy) is 2. The number of morpholine rings is 1. The number of anilines is 1. The summed E-state index contributed by atoms with van der Waals surface area (Å²) < 4.78 is 39.2. The number of benzene rings is 2. The van der Waals surface area contributed by atoms with E-state index in [9.17, 15) is 18.4 Å². The van der Waals surface area contributed by atoms with Crippen LogP contribution >= 0.6 is 0 Å². The van der Waals surface area contributed by atoms with Crippen LogP contribution in [0.25, 0.3) is 0 Å². The SMILES string of the molecule is O=C(Oc1ccc(C2(C3CCCC3)C(=O)Nc3c2ccc(F)c3F)cc1)N1CCOCC1. The highest BCUT2D eigenvalue weighted by Crippen LogP contribution is 2.53. The van der Waals surface area contributed by atoms with Crippen LogP contribution in [0.1, 0.15) is 36.8 Å². The minimum atomic E-state index is -1.10. The lowest BCUT2D eigenvalue weighted by Crippen LogP contribution is -2.42. The summed E-state index contributed by atoms with van der Waals surface area (Å²) in [5.74, 6) is -2.04. The lowest BCUT2D eigenvalue weighted by Gasteiger charge is -2.34. The first-order chi connectivity index (χ1) is 15.5. The van der Waals surface area contributed by atoms with E-state index < -0.39 is 23.1 Å². The van der Waals surface area contributed by atoms with Crippen LogP contribution < -0.4 is 10.1 Å². The molecule has 2 aromatic carbocycles. The Labute approximate surface area is 184 Å². The number of rotatable bonds is 3. The monoisotopic (exact) mass is 442 g/mol. The normalized spacial score (nSPS) is 23.2. The smallest absolute Gasteiger partial charge is 0.410 e. The third-order valence-electron chi connectivity index (χ3n) is 6.87. The Hall–Kier alpha value is -3.00. The fraction of sp³-hybridized carbons (Fsp3) is 0.417. The zero-order chi connectivity index (χ0) is 22.3. The molecule has 0 bridgehead atoms. The Morgan fingerprint density at radius 2 is 1.75 bits per heavy atom. The van der Waals surface area contributed by atoms with E-state index in [0.29, 0.717) is 43.2 Å². The third-order valence-corrected chi connectivity index (χ3v) is 6.87. The molecule has 2 fully saturated rings. The molecule has 0 radical (unpaired) electrons. The molecule has 1 aliphatic carbocycles. The fourth-order valence-electron chi connectivity index (χ4n) is 5.32. The number of carbonyl (C=O) groups excluding carboxylic acids is 2. The van der Waals surface area contributed by atoms with E-state index in [1.165, 1.54) is 6.07 Å². The van der Waals surface area contributed by atoms with Crippen molar-refractivity contribution in [1.82, 2.24) is 4.90 Å². The second-order valence-corrected chi connectivity index (χ2v) is 8.52. The number of carbonyl (C=O) groups is 2. The summed E-state index contributed by atoms with van der Waals surface area (Å²) in [6.45, 7) is 1.90. The largest absolute Gasteiger partial charge is 0.415 e. The molecule has 1 atom stereocenters. The number of nitrogens with zero attached hydrogens (tertiary/aromatic N) is 1. The van der Waals surface area contributed by atoms with Gasteiger partial charge in [0.05, 0.1) is 18.9 Å². The van der Waals surface area contributed by atoms with Crippen molar-refractivity contribution >= 4 is 17.7 Å². The van der Waals surface area contributed by atoms with Crippen molar-refractivity contribution in [2.24, 2.45) is 5.92 Å². The van der Waals surface area contributed by atoms with Crippen LogP contribution in [-0.4, -0.2) is 43.2 Å². The number of hydrogen-bond donors (Lipinski definition) is 1. The first-order valence-electron chi connectivity index (χ1n) is 11.0. The lowest BCUT2D eigenvalue weighted by atomic mass is 9.65. The summed E-state index contributed by atoms with van der Waals surface area (Å²) in [6.07, 6.45) is 3.15. The highest BCUT2D eigenvalue weighted by atomic mass is 19.2. The highest BCUT2D eigenvalue weighted by molar-refractivity contribution is 6.09. The summed E-state index contributed by atoms with van der Waals surface area (Å²) in [6, 6.07) is 9.38. The summed E-state index contributed by atoms with van der Waals surface area (Å²) in [5.41, 5.74) is -0.0402. The molecule has 1 unspecified atom stereocenters. The molecule has 8 heteroatoms. The molecule has 2 amide bonds. The molecule has 6 nitrogen and oxygen atoms in total. The van der Waals surface area contributed by atoms with Gasteiger partial charge < -0.3 is 19.7 Å². The van der Waals surface area contributed by atoms with Crippen LogP contribution in [0.3, 0.4) is 0 Å². The van der Waals surface area contributed by atoms with Crippen LogP contribution in [0.5, 0.6) is 5.75 Å². The van der Waals surface area contributed by atoms with Crippen LogP contribution in [0, 0.1) is 17.6 Å². The maximum atomic E-state index is 14.5. The van der Waals surface area contributed by atoms with Gasteiger partial charge in [-0.2, -0.15) is 0 Å². The second kappa shape index (κ2) is 8.16. The molecule has 2 aromatic rings. The molecular weight excluding hydrogens is 418 g/mol. The molecule has 1 saturated heterocycles. The maximum absolute atomic E-state index is 14.5. The molecular formula is C24H24F2N2O4. The molecule has 1 saturated carbocycles. The topological polar surface area (TPSA) is 67.9 Å². The van der Waals surface area contributed by atoms with Crippen molar-refractivity contribution in [3.05, 3.63) is 59.2 Å². The number of amides is 2. The average Bonchev–Trinajstić information content (AvgIpc) is 3.44. The van der Waals surface area contributed by atoms with Gasteiger partial charge in [-0.25, -0.2) is 13.6 Å². The van der Waals surface area contributed by atoms with Crippen LogP contribution in [0.15, 0.2) is 36.4 Å². The third kappa shape index (κ3) is 3.24. The summed E-state index contributed by atoms with van der Waals surface area (Å²) in [5, 5.41) is 2.60. The van der Waals surface area contributed by atoms with Gasteiger partial charge in [0.15, 0.2) is 11.6 Å². The molecule has 2 heterocycles. The Balaban J connectivity index is 1.50. The van der Waals surface area contributed by atoms with E-state index >= 15 is 0 Å². The molecule has 5 rings (SSSR count). The van der Waals surface area contributed by atoms with Gasteiger partial charge in [0, 0.05) is 13.1 Å². The van der Waals surface area contributed by atoms with Gasteiger partial charge >= 0.3 is 6.09 Å². The molecule has 168 valence electrons. The van der Waals surface area contributed by atoms with Gasteiger partial charge in [0.2, 0.25) is 5.91 Å². The Kier molecular flexibility index (Phi) is 5.33. The van der Waals surface area contributed by atoms with Crippen molar-refractivity contribution in [2.75, 3.05) is 31.6 Å². The van der Waals surface area contributed by atoms with E-state index in [-0.39, 0.29) is 17.5 Å². The predicted octanol–water partition coefficient (Wildman–Crippen LogP) is 4.22. The summed E-state index contributed by atoms with van der Waals surface area (Å²) in [4.78, 5) is 27.3. The molecule has 2 aliphatic heterocycles. The van der Waals surface area contributed by atoms with Gasteiger partial charge in [-0.15, -0.1) is 0 Å². The van der Waals surface area contributed by atoms with E-state index in [4.69, 9.17) is 9.47 Å². The summed E-state index contributed by atoms with van der Waals surface area (Å²) in [7, 11) is 0.